The lowest BCUT2D eigenvalue weighted by Gasteiger charge is -2.16. The Morgan fingerprint density at radius 2 is 2.00 bits per heavy atom. The average molecular weight is 281 g/mol. The van der Waals surface area contributed by atoms with Crippen LogP contribution >= 0.6 is 0 Å². The van der Waals surface area contributed by atoms with Crippen molar-refractivity contribution in [2.45, 2.75) is 12.8 Å². The van der Waals surface area contributed by atoms with E-state index >= 15 is 0 Å². The molecule has 1 aliphatic heterocycles. The fourth-order valence-corrected chi connectivity index (χ4v) is 2.82. The van der Waals surface area contributed by atoms with Crippen LogP contribution in [0.1, 0.15) is 12.8 Å². The van der Waals surface area contributed by atoms with Crippen molar-refractivity contribution in [1.82, 2.24) is 20.2 Å². The molecule has 4 rings (SSSR count). The molecule has 3 aromatic rings. The molecular formula is C15H15N5O. The summed E-state index contributed by atoms with van der Waals surface area (Å²) >= 11 is 0. The van der Waals surface area contributed by atoms with Crippen LogP contribution in [0.15, 0.2) is 35.3 Å². The van der Waals surface area contributed by atoms with E-state index in [1.54, 1.807) is 6.20 Å². The van der Waals surface area contributed by atoms with E-state index in [1.807, 2.05) is 24.3 Å². The van der Waals surface area contributed by atoms with Gasteiger partial charge in [0, 0.05) is 24.5 Å². The zero-order chi connectivity index (χ0) is 14.2. The van der Waals surface area contributed by atoms with Crippen LogP contribution in [0.3, 0.4) is 0 Å². The van der Waals surface area contributed by atoms with Gasteiger partial charge < -0.3 is 9.88 Å². The van der Waals surface area contributed by atoms with Gasteiger partial charge in [0.1, 0.15) is 5.82 Å². The highest BCUT2D eigenvalue weighted by molar-refractivity contribution is 5.83. The molecule has 1 fully saturated rings. The van der Waals surface area contributed by atoms with Gasteiger partial charge in [-0.05, 0) is 30.5 Å². The van der Waals surface area contributed by atoms with Gasteiger partial charge in [-0.1, -0.05) is 6.07 Å². The summed E-state index contributed by atoms with van der Waals surface area (Å²) in [5.74, 6) is 0.763. The molecule has 106 valence electrons. The topological polar surface area (TPSA) is 77.7 Å². The molecule has 0 unspecified atom stereocenters. The maximum Gasteiger partial charge on any atom is 0.347 e. The third-order valence-electron chi connectivity index (χ3n) is 3.91. The van der Waals surface area contributed by atoms with Crippen molar-refractivity contribution >= 4 is 16.7 Å². The van der Waals surface area contributed by atoms with Gasteiger partial charge >= 0.3 is 5.69 Å². The van der Waals surface area contributed by atoms with E-state index in [-0.39, 0.29) is 5.69 Å². The summed E-state index contributed by atoms with van der Waals surface area (Å²) in [5.41, 5.74) is 2.43. The summed E-state index contributed by atoms with van der Waals surface area (Å²) in [6, 6.07) is 7.90. The van der Waals surface area contributed by atoms with Crippen LogP contribution in [-0.4, -0.2) is 33.3 Å². The first-order valence-corrected chi connectivity index (χ1v) is 7.09. The molecule has 1 saturated heterocycles. The Bertz CT molecular complexity index is 844. The highest BCUT2D eigenvalue weighted by Gasteiger charge is 2.15. The molecule has 2 N–H and O–H groups in total. The second-order valence-electron chi connectivity index (χ2n) is 5.32. The first kappa shape index (κ1) is 12.1. The lowest BCUT2D eigenvalue weighted by atomic mass is 10.1. The van der Waals surface area contributed by atoms with Crippen molar-refractivity contribution in [3.8, 4) is 11.3 Å². The number of nitrogens with one attached hydrogen (secondary N) is 2. The fraction of sp³-hybridized carbons (Fsp3) is 0.267. The predicted octanol–water partition coefficient (Wildman–Crippen LogP) is 1.91. The smallest absolute Gasteiger partial charge is 0.347 e. The Labute approximate surface area is 120 Å². The highest BCUT2D eigenvalue weighted by Crippen LogP contribution is 2.24. The molecule has 0 atom stereocenters. The van der Waals surface area contributed by atoms with Crippen molar-refractivity contribution in [2.75, 3.05) is 18.0 Å². The van der Waals surface area contributed by atoms with Crippen molar-refractivity contribution in [1.29, 1.82) is 0 Å². The molecule has 3 heterocycles. The van der Waals surface area contributed by atoms with E-state index in [4.69, 9.17) is 0 Å². The molecule has 6 heteroatoms. The zero-order valence-electron chi connectivity index (χ0n) is 11.5. The van der Waals surface area contributed by atoms with E-state index in [0.717, 1.165) is 53.9 Å². The average Bonchev–Trinajstić information content (AvgIpc) is 3.17. The lowest BCUT2D eigenvalue weighted by Crippen LogP contribution is -2.23. The van der Waals surface area contributed by atoms with Crippen LogP contribution < -0.4 is 10.6 Å². The first-order valence-electron chi connectivity index (χ1n) is 7.09. The molecule has 0 amide bonds. The number of fused-ring (bicyclic) bond motifs is 1. The van der Waals surface area contributed by atoms with Gasteiger partial charge in [-0.15, -0.1) is 0 Å². The minimum atomic E-state index is -0.304. The molecule has 0 spiro atoms. The fourth-order valence-electron chi connectivity index (χ4n) is 2.82. The largest absolute Gasteiger partial charge is 0.356 e. The standard InChI is InChI=1S/C15H15N5O/c21-15-17-13(8-14(18-15)20-5-1-2-6-20)10-3-4-12-11(7-10)9-16-19-12/h3-4,7-9H,1-2,5-6H2,(H,16,19)(H,17,18,21). The van der Waals surface area contributed by atoms with E-state index in [9.17, 15) is 4.79 Å². The Morgan fingerprint density at radius 1 is 1.14 bits per heavy atom. The minimum absolute atomic E-state index is 0.304. The zero-order valence-corrected chi connectivity index (χ0v) is 11.5. The van der Waals surface area contributed by atoms with E-state index in [2.05, 4.69) is 25.1 Å². The molecule has 0 radical (unpaired) electrons. The van der Waals surface area contributed by atoms with Gasteiger partial charge in [-0.25, -0.2) is 4.79 Å². The van der Waals surface area contributed by atoms with Gasteiger partial charge in [0.2, 0.25) is 0 Å². The SMILES string of the molecule is O=c1nc(N2CCCC2)cc(-c2ccc3[nH]ncc3c2)[nH]1. The Kier molecular flexibility index (Phi) is 2.73. The van der Waals surface area contributed by atoms with Gasteiger partial charge in [0.25, 0.3) is 0 Å². The summed E-state index contributed by atoms with van der Waals surface area (Å²) in [6.07, 6.45) is 4.09. The Hall–Kier alpha value is -2.63. The summed E-state index contributed by atoms with van der Waals surface area (Å²) in [7, 11) is 0. The van der Waals surface area contributed by atoms with E-state index in [0.29, 0.717) is 0 Å². The number of nitrogens with zero attached hydrogens (tertiary/aromatic N) is 3. The molecule has 21 heavy (non-hydrogen) atoms. The number of aromatic amines is 2. The minimum Gasteiger partial charge on any atom is -0.356 e. The van der Waals surface area contributed by atoms with Gasteiger partial charge in [-0.2, -0.15) is 10.1 Å². The van der Waals surface area contributed by atoms with Gasteiger partial charge in [-0.3, -0.25) is 5.10 Å². The Balaban J connectivity index is 1.81. The molecule has 6 nitrogen and oxygen atoms in total. The predicted molar refractivity (Wildman–Crippen MR) is 81.4 cm³/mol. The van der Waals surface area contributed by atoms with Crippen molar-refractivity contribution < 1.29 is 0 Å². The lowest BCUT2D eigenvalue weighted by molar-refractivity contribution is 0.914. The van der Waals surface area contributed by atoms with Gasteiger partial charge in [0.15, 0.2) is 0 Å². The summed E-state index contributed by atoms with van der Waals surface area (Å²) in [5, 5.41) is 7.96. The van der Waals surface area contributed by atoms with Crippen LogP contribution in [0.2, 0.25) is 0 Å². The number of benzene rings is 1. The normalized spacial score (nSPS) is 15.0. The van der Waals surface area contributed by atoms with Crippen LogP contribution in [0.4, 0.5) is 5.82 Å². The summed E-state index contributed by atoms with van der Waals surface area (Å²) in [6.45, 7) is 1.94. The van der Waals surface area contributed by atoms with Crippen LogP contribution in [0, 0.1) is 0 Å². The molecular weight excluding hydrogens is 266 g/mol. The molecule has 0 saturated carbocycles. The quantitative estimate of drug-likeness (QED) is 0.752. The second-order valence-corrected chi connectivity index (χ2v) is 5.32. The maximum atomic E-state index is 11.8. The van der Waals surface area contributed by atoms with Crippen molar-refractivity contribution in [3.05, 3.63) is 40.9 Å². The number of hydrogen-bond acceptors (Lipinski definition) is 4. The highest BCUT2D eigenvalue weighted by atomic mass is 16.1. The van der Waals surface area contributed by atoms with Crippen LogP contribution in [0.5, 0.6) is 0 Å². The number of rotatable bonds is 2. The summed E-state index contributed by atoms with van der Waals surface area (Å²) < 4.78 is 0. The number of H-pyrrole nitrogens is 2. The molecule has 0 bridgehead atoms. The molecule has 1 aliphatic rings. The second kappa shape index (κ2) is 4.73. The van der Waals surface area contributed by atoms with E-state index < -0.39 is 0 Å². The summed E-state index contributed by atoms with van der Waals surface area (Å²) in [4.78, 5) is 20.9. The number of aromatic nitrogens is 4. The number of hydrogen-bond donors (Lipinski definition) is 2. The van der Waals surface area contributed by atoms with Crippen molar-refractivity contribution in [3.63, 3.8) is 0 Å². The van der Waals surface area contributed by atoms with Gasteiger partial charge in [0.05, 0.1) is 17.4 Å². The Morgan fingerprint density at radius 3 is 2.86 bits per heavy atom. The molecule has 2 aromatic heterocycles. The monoisotopic (exact) mass is 281 g/mol. The molecule has 0 aliphatic carbocycles. The first-order chi connectivity index (χ1) is 10.3. The third-order valence-corrected chi connectivity index (χ3v) is 3.91. The van der Waals surface area contributed by atoms with Crippen LogP contribution in [0.25, 0.3) is 22.2 Å². The van der Waals surface area contributed by atoms with Crippen LogP contribution in [-0.2, 0) is 0 Å². The third kappa shape index (κ3) is 2.18. The molecule has 1 aromatic carbocycles. The van der Waals surface area contributed by atoms with E-state index in [1.165, 1.54) is 0 Å². The number of anilines is 1. The maximum absolute atomic E-state index is 11.8. The van der Waals surface area contributed by atoms with Crippen molar-refractivity contribution in [2.24, 2.45) is 0 Å².